The van der Waals surface area contributed by atoms with Gasteiger partial charge >= 0.3 is 5.97 Å². The normalized spacial score (nSPS) is 27.7. The minimum absolute atomic E-state index is 0.299. The molecule has 96 valence electrons. The second kappa shape index (κ2) is 4.56. The second-order valence-electron chi connectivity index (χ2n) is 5.31. The predicted molar refractivity (Wildman–Crippen MR) is 67.9 cm³/mol. The minimum atomic E-state index is -0.881. The third-order valence-corrected chi connectivity index (χ3v) is 3.79. The molecule has 1 aromatic rings. The first-order chi connectivity index (χ1) is 8.43. The summed E-state index contributed by atoms with van der Waals surface area (Å²) < 4.78 is 13.0. The van der Waals surface area contributed by atoms with Gasteiger partial charge in [-0.25, -0.2) is 9.18 Å². The van der Waals surface area contributed by atoms with Crippen LogP contribution in [0.1, 0.15) is 32.3 Å². The summed E-state index contributed by atoms with van der Waals surface area (Å²) in [6, 6.07) is 6.15. The number of hydrogen-bond donors (Lipinski definition) is 1. The van der Waals surface area contributed by atoms with Crippen LogP contribution in [0.3, 0.4) is 0 Å². The monoisotopic (exact) mass is 248 g/mol. The van der Waals surface area contributed by atoms with Crippen LogP contribution in [-0.4, -0.2) is 11.1 Å². The molecule has 2 atom stereocenters. The van der Waals surface area contributed by atoms with E-state index in [1.165, 1.54) is 12.1 Å². The minimum Gasteiger partial charge on any atom is -0.478 e. The Morgan fingerprint density at radius 2 is 2.00 bits per heavy atom. The number of allylic oxidation sites excluding steroid dienone is 1. The quantitative estimate of drug-likeness (QED) is 0.869. The molecule has 2 rings (SSSR count). The maximum Gasteiger partial charge on any atom is 0.332 e. The van der Waals surface area contributed by atoms with E-state index in [-0.39, 0.29) is 5.82 Å². The fourth-order valence-corrected chi connectivity index (χ4v) is 2.85. The number of hydrogen-bond acceptors (Lipinski definition) is 1. The van der Waals surface area contributed by atoms with Crippen molar-refractivity contribution >= 4 is 5.97 Å². The molecule has 1 N–H and O–H groups in total. The average Bonchev–Trinajstić information content (AvgIpc) is 2.28. The molecule has 2 nitrogen and oxygen atoms in total. The molecule has 0 aliphatic heterocycles. The highest BCUT2D eigenvalue weighted by Gasteiger charge is 2.38. The first-order valence-corrected chi connectivity index (χ1v) is 6.13. The number of carbonyl (C=O) groups is 1. The van der Waals surface area contributed by atoms with Gasteiger partial charge in [-0.2, -0.15) is 0 Å². The molecule has 3 heteroatoms. The molecule has 1 aliphatic carbocycles. The third-order valence-electron chi connectivity index (χ3n) is 3.79. The second-order valence-corrected chi connectivity index (χ2v) is 5.31. The molecule has 1 aliphatic rings. The molecule has 0 saturated heterocycles. The van der Waals surface area contributed by atoms with Crippen LogP contribution in [0.5, 0.6) is 0 Å². The molecule has 0 bridgehead atoms. The van der Waals surface area contributed by atoms with Crippen molar-refractivity contribution in [2.24, 2.45) is 5.92 Å². The highest BCUT2D eigenvalue weighted by molar-refractivity contribution is 5.90. The zero-order chi connectivity index (χ0) is 13.3. The van der Waals surface area contributed by atoms with E-state index in [2.05, 4.69) is 6.92 Å². The van der Waals surface area contributed by atoms with Gasteiger partial charge in [0, 0.05) is 11.0 Å². The molecule has 0 fully saturated rings. The maximum atomic E-state index is 13.0. The van der Waals surface area contributed by atoms with Crippen molar-refractivity contribution in [3.8, 4) is 0 Å². The van der Waals surface area contributed by atoms with Crippen molar-refractivity contribution in [2.45, 2.75) is 32.1 Å². The number of benzene rings is 1. The average molecular weight is 248 g/mol. The van der Waals surface area contributed by atoms with Gasteiger partial charge in [-0.3, -0.25) is 0 Å². The van der Waals surface area contributed by atoms with Gasteiger partial charge < -0.3 is 5.11 Å². The number of rotatable bonds is 2. The Morgan fingerprint density at radius 1 is 1.39 bits per heavy atom. The molecule has 0 aromatic heterocycles. The highest BCUT2D eigenvalue weighted by Crippen LogP contribution is 2.42. The summed E-state index contributed by atoms with van der Waals surface area (Å²) in [4.78, 5) is 11.4. The number of carboxylic acids is 1. The molecule has 0 saturated carbocycles. The molecule has 1 aromatic carbocycles. The lowest BCUT2D eigenvalue weighted by atomic mass is 9.66. The van der Waals surface area contributed by atoms with Crippen LogP contribution in [-0.2, 0) is 10.2 Å². The van der Waals surface area contributed by atoms with Crippen LogP contribution in [0.2, 0.25) is 0 Å². The lowest BCUT2D eigenvalue weighted by molar-refractivity contribution is -0.133. The van der Waals surface area contributed by atoms with Gasteiger partial charge in [0.1, 0.15) is 5.82 Å². The lowest BCUT2D eigenvalue weighted by Gasteiger charge is -2.37. The van der Waals surface area contributed by atoms with Gasteiger partial charge in [-0.15, -0.1) is 0 Å². The Bertz CT molecular complexity index is 490. The van der Waals surface area contributed by atoms with E-state index in [0.29, 0.717) is 11.5 Å². The molecular weight excluding hydrogens is 231 g/mol. The van der Waals surface area contributed by atoms with E-state index in [9.17, 15) is 14.3 Å². The molecule has 0 spiro atoms. The van der Waals surface area contributed by atoms with Crippen molar-refractivity contribution in [1.29, 1.82) is 0 Å². The molecule has 18 heavy (non-hydrogen) atoms. The van der Waals surface area contributed by atoms with Crippen molar-refractivity contribution < 1.29 is 14.3 Å². The fraction of sp³-hybridized carbons (Fsp3) is 0.400. The first-order valence-electron chi connectivity index (χ1n) is 6.13. The van der Waals surface area contributed by atoms with Crippen LogP contribution >= 0.6 is 0 Å². The van der Waals surface area contributed by atoms with Crippen LogP contribution in [0, 0.1) is 11.7 Å². The zero-order valence-electron chi connectivity index (χ0n) is 10.6. The van der Waals surface area contributed by atoms with E-state index in [1.807, 2.05) is 6.92 Å². The Hall–Kier alpha value is -1.64. The predicted octanol–water partition coefficient (Wildman–Crippen LogP) is 3.52. The Balaban J connectivity index is 2.49. The molecule has 0 amide bonds. The van der Waals surface area contributed by atoms with Gasteiger partial charge in [0.05, 0.1) is 0 Å². The van der Waals surface area contributed by atoms with E-state index < -0.39 is 11.4 Å². The Labute approximate surface area is 106 Å². The van der Waals surface area contributed by atoms with Gasteiger partial charge in [0.15, 0.2) is 0 Å². The third kappa shape index (κ3) is 2.17. The lowest BCUT2D eigenvalue weighted by Crippen LogP contribution is -2.34. The zero-order valence-corrected chi connectivity index (χ0v) is 10.6. The van der Waals surface area contributed by atoms with Crippen molar-refractivity contribution in [3.05, 3.63) is 47.3 Å². The molecular formula is C15H17FO2. The van der Waals surface area contributed by atoms with Gasteiger partial charge in [0.25, 0.3) is 0 Å². The summed E-state index contributed by atoms with van der Waals surface area (Å²) in [6.07, 6.45) is 3.37. The number of carboxylic acid groups (broad SMARTS) is 1. The van der Waals surface area contributed by atoms with Crippen molar-refractivity contribution in [3.63, 3.8) is 0 Å². The summed E-state index contributed by atoms with van der Waals surface area (Å²) in [5.41, 5.74) is 0.758. The number of aliphatic carboxylic acids is 1. The van der Waals surface area contributed by atoms with Crippen LogP contribution in [0.4, 0.5) is 4.39 Å². The Morgan fingerprint density at radius 3 is 2.56 bits per heavy atom. The van der Waals surface area contributed by atoms with Gasteiger partial charge in [-0.1, -0.05) is 32.1 Å². The van der Waals surface area contributed by atoms with Crippen LogP contribution < -0.4 is 0 Å². The molecule has 0 unspecified atom stereocenters. The van der Waals surface area contributed by atoms with Crippen molar-refractivity contribution in [2.75, 3.05) is 0 Å². The summed E-state index contributed by atoms with van der Waals surface area (Å²) in [5, 5.41) is 9.33. The Kier molecular flexibility index (Phi) is 3.24. The largest absolute Gasteiger partial charge is 0.478 e. The highest BCUT2D eigenvalue weighted by atomic mass is 19.1. The van der Waals surface area contributed by atoms with Gasteiger partial charge in [0.2, 0.25) is 0 Å². The number of halogens is 1. The summed E-state index contributed by atoms with van der Waals surface area (Å²) >= 11 is 0. The summed E-state index contributed by atoms with van der Waals surface area (Å²) in [7, 11) is 0. The standard InChI is InChI=1S/C15H17FO2/c1-10-3-8-13(14(17)18)15(2,9-10)11-4-6-12(16)7-5-11/h4-8,10H,3,9H2,1-2H3,(H,17,18)/t10-,15-/m0/s1. The van der Waals surface area contributed by atoms with Crippen molar-refractivity contribution in [1.82, 2.24) is 0 Å². The topological polar surface area (TPSA) is 37.3 Å². The van der Waals surface area contributed by atoms with E-state index >= 15 is 0 Å². The smallest absolute Gasteiger partial charge is 0.332 e. The van der Waals surface area contributed by atoms with Gasteiger partial charge in [-0.05, 0) is 36.5 Å². The SMILES string of the molecule is C[C@H]1CC=C(C(=O)O)[C@](C)(c2ccc(F)cc2)C1. The fourth-order valence-electron chi connectivity index (χ4n) is 2.85. The van der Waals surface area contributed by atoms with Crippen LogP contribution in [0.15, 0.2) is 35.9 Å². The molecule has 0 heterocycles. The first kappa shape index (κ1) is 12.8. The maximum absolute atomic E-state index is 13.0. The van der Waals surface area contributed by atoms with Crippen LogP contribution in [0.25, 0.3) is 0 Å². The molecule has 0 radical (unpaired) electrons. The van der Waals surface area contributed by atoms with E-state index in [4.69, 9.17) is 0 Å². The summed E-state index contributed by atoms with van der Waals surface area (Å²) in [5.74, 6) is -0.746. The van der Waals surface area contributed by atoms with E-state index in [0.717, 1.165) is 18.4 Å². The summed E-state index contributed by atoms with van der Waals surface area (Å²) in [6.45, 7) is 4.03. The van der Waals surface area contributed by atoms with E-state index in [1.54, 1.807) is 18.2 Å².